The van der Waals surface area contributed by atoms with E-state index < -0.39 is 0 Å². The third-order valence-corrected chi connectivity index (χ3v) is 7.84. The summed E-state index contributed by atoms with van der Waals surface area (Å²) in [5.41, 5.74) is 4.82. The fraction of sp³-hybridized carbons (Fsp3) is 0.423. The predicted octanol–water partition coefficient (Wildman–Crippen LogP) is 3.87. The van der Waals surface area contributed by atoms with Crippen LogP contribution in [0.3, 0.4) is 0 Å². The summed E-state index contributed by atoms with van der Waals surface area (Å²) in [4.78, 5) is 19.4. The topological polar surface area (TPSA) is 57.4 Å². The van der Waals surface area contributed by atoms with E-state index >= 15 is 0 Å². The molecule has 0 unspecified atom stereocenters. The van der Waals surface area contributed by atoms with Crippen molar-refractivity contribution in [3.05, 3.63) is 65.4 Å². The highest BCUT2D eigenvalue weighted by atomic mass is 16.5. The molecule has 0 atom stereocenters. The van der Waals surface area contributed by atoms with Crippen LogP contribution in [-0.4, -0.2) is 42.5 Å². The van der Waals surface area contributed by atoms with Crippen LogP contribution >= 0.6 is 0 Å². The van der Waals surface area contributed by atoms with E-state index in [0.29, 0.717) is 5.91 Å². The van der Waals surface area contributed by atoms with Crippen LogP contribution in [0.15, 0.2) is 48.5 Å². The van der Waals surface area contributed by atoms with E-state index in [-0.39, 0.29) is 11.0 Å². The van der Waals surface area contributed by atoms with Crippen LogP contribution in [0.1, 0.15) is 42.5 Å². The van der Waals surface area contributed by atoms with Gasteiger partial charge in [-0.15, -0.1) is 0 Å². The Kier molecular flexibility index (Phi) is 4.19. The lowest BCUT2D eigenvalue weighted by Crippen LogP contribution is -2.56. The number of H-pyrrole nitrogens is 1. The molecule has 2 fully saturated rings. The number of aromatic nitrogens is 1. The largest absolute Gasteiger partial charge is 0.497 e. The van der Waals surface area contributed by atoms with E-state index in [2.05, 4.69) is 51.6 Å². The lowest BCUT2D eigenvalue weighted by atomic mass is 9.79. The molecule has 1 saturated heterocycles. The minimum absolute atomic E-state index is 0.0415. The molecule has 6 rings (SSSR count). The standard InChI is InChI=1S/C26H29N3O2/c1-31-19-8-6-18(7-9-19)25(11-12-25)24(30)29-16-13-26(14-17-29)23-21(10-15-27-26)20-4-2-3-5-22(20)28-23/h2-9,27-28H,10-17H2,1H3. The van der Waals surface area contributed by atoms with E-state index in [1.165, 1.54) is 22.2 Å². The molecule has 3 aliphatic rings. The average Bonchev–Trinajstić information content (AvgIpc) is 3.55. The van der Waals surface area contributed by atoms with E-state index in [9.17, 15) is 4.79 Å². The first-order valence-corrected chi connectivity index (χ1v) is 11.4. The van der Waals surface area contributed by atoms with Crippen molar-refractivity contribution in [1.82, 2.24) is 15.2 Å². The molecule has 3 heterocycles. The quantitative estimate of drug-likeness (QED) is 0.683. The number of benzene rings is 2. The van der Waals surface area contributed by atoms with Gasteiger partial charge in [-0.25, -0.2) is 0 Å². The van der Waals surface area contributed by atoms with Gasteiger partial charge < -0.3 is 19.9 Å². The first-order chi connectivity index (χ1) is 15.2. The summed E-state index contributed by atoms with van der Waals surface area (Å²) >= 11 is 0. The second-order valence-electron chi connectivity index (χ2n) is 9.39. The predicted molar refractivity (Wildman–Crippen MR) is 121 cm³/mol. The molecule has 0 radical (unpaired) electrons. The van der Waals surface area contributed by atoms with Gasteiger partial charge in [0.05, 0.1) is 18.1 Å². The number of amides is 1. The number of carbonyl (C=O) groups excluding carboxylic acids is 1. The monoisotopic (exact) mass is 415 g/mol. The van der Waals surface area contributed by atoms with Crippen molar-refractivity contribution in [3.8, 4) is 5.75 Å². The Morgan fingerprint density at radius 1 is 1.00 bits per heavy atom. The maximum absolute atomic E-state index is 13.6. The minimum atomic E-state index is -0.316. The molecule has 1 aliphatic carbocycles. The molecular formula is C26H29N3O2. The Labute approximate surface area is 182 Å². The van der Waals surface area contributed by atoms with E-state index in [0.717, 1.165) is 63.1 Å². The number of nitrogens with one attached hydrogen (secondary N) is 2. The lowest BCUT2D eigenvalue weighted by molar-refractivity contribution is -0.135. The SMILES string of the molecule is COc1ccc(C2(C(=O)N3CCC4(CC3)NCCc3c4[nH]c4ccccc34)CC2)cc1. The zero-order valence-corrected chi connectivity index (χ0v) is 18.0. The highest BCUT2D eigenvalue weighted by Crippen LogP contribution is 2.51. The number of fused-ring (bicyclic) bond motifs is 4. The van der Waals surface area contributed by atoms with Crippen LogP contribution < -0.4 is 10.1 Å². The molecule has 1 saturated carbocycles. The Hall–Kier alpha value is -2.79. The van der Waals surface area contributed by atoms with Crippen LogP contribution in [0.2, 0.25) is 0 Å². The number of hydrogen-bond donors (Lipinski definition) is 2. The fourth-order valence-corrected chi connectivity index (χ4v) is 5.87. The molecule has 1 amide bonds. The maximum atomic E-state index is 13.6. The number of piperidine rings is 1. The van der Waals surface area contributed by atoms with Crippen LogP contribution in [0.4, 0.5) is 0 Å². The van der Waals surface area contributed by atoms with Crippen LogP contribution in [0, 0.1) is 0 Å². The summed E-state index contributed by atoms with van der Waals surface area (Å²) in [5.74, 6) is 1.14. The van der Waals surface area contributed by atoms with E-state index in [4.69, 9.17) is 4.74 Å². The molecule has 160 valence electrons. The highest BCUT2D eigenvalue weighted by molar-refractivity contribution is 5.91. The first-order valence-electron chi connectivity index (χ1n) is 11.4. The van der Waals surface area contributed by atoms with Gasteiger partial charge in [0.1, 0.15) is 5.75 Å². The number of hydrogen-bond acceptors (Lipinski definition) is 3. The second kappa shape index (κ2) is 6.86. The highest BCUT2D eigenvalue weighted by Gasteiger charge is 2.54. The number of nitrogens with zero attached hydrogens (tertiary/aromatic N) is 1. The minimum Gasteiger partial charge on any atom is -0.497 e. The van der Waals surface area contributed by atoms with Crippen LogP contribution in [-0.2, 0) is 22.2 Å². The zero-order chi connectivity index (χ0) is 21.1. The molecule has 1 aromatic heterocycles. The number of carbonyl (C=O) groups is 1. The third-order valence-electron chi connectivity index (χ3n) is 7.84. The molecule has 0 bridgehead atoms. The molecule has 5 nitrogen and oxygen atoms in total. The third kappa shape index (κ3) is 2.83. The molecular weight excluding hydrogens is 386 g/mol. The molecule has 3 aromatic rings. The maximum Gasteiger partial charge on any atom is 0.233 e. The van der Waals surface area contributed by atoms with Gasteiger partial charge in [-0.2, -0.15) is 0 Å². The summed E-state index contributed by atoms with van der Waals surface area (Å²) in [6.45, 7) is 2.61. The Balaban J connectivity index is 1.23. The van der Waals surface area contributed by atoms with E-state index in [1.807, 2.05) is 12.1 Å². The number of methoxy groups -OCH3 is 1. The smallest absolute Gasteiger partial charge is 0.233 e. The van der Waals surface area contributed by atoms with E-state index in [1.54, 1.807) is 7.11 Å². The summed E-state index contributed by atoms with van der Waals surface area (Å²) < 4.78 is 5.29. The summed E-state index contributed by atoms with van der Waals surface area (Å²) in [7, 11) is 1.68. The Morgan fingerprint density at radius 3 is 2.45 bits per heavy atom. The molecule has 1 spiro atoms. The number of rotatable bonds is 3. The summed E-state index contributed by atoms with van der Waals surface area (Å²) in [6.07, 6.45) is 4.87. The summed E-state index contributed by atoms with van der Waals surface area (Å²) in [6, 6.07) is 16.7. The fourth-order valence-electron chi connectivity index (χ4n) is 5.87. The van der Waals surface area contributed by atoms with Gasteiger partial charge in [0.15, 0.2) is 0 Å². The normalized spacial score (nSPS) is 21.1. The molecule has 2 aromatic carbocycles. The van der Waals surface area contributed by atoms with Crippen molar-refractivity contribution >= 4 is 16.8 Å². The van der Waals surface area contributed by atoms with Crippen LogP contribution in [0.5, 0.6) is 5.75 Å². The van der Waals surface area contributed by atoms with Gasteiger partial charge in [0, 0.05) is 36.2 Å². The van der Waals surface area contributed by atoms with Crippen molar-refractivity contribution in [2.45, 2.75) is 43.1 Å². The zero-order valence-electron chi connectivity index (χ0n) is 18.0. The van der Waals surface area contributed by atoms with Gasteiger partial charge in [-0.3, -0.25) is 4.79 Å². The molecule has 2 N–H and O–H groups in total. The molecule has 31 heavy (non-hydrogen) atoms. The second-order valence-corrected chi connectivity index (χ2v) is 9.39. The van der Waals surface area contributed by atoms with Crippen molar-refractivity contribution in [1.29, 1.82) is 0 Å². The van der Waals surface area contributed by atoms with Gasteiger partial charge in [-0.05, 0) is 61.4 Å². The number of aromatic amines is 1. The van der Waals surface area contributed by atoms with Gasteiger partial charge in [-0.1, -0.05) is 30.3 Å². The number of likely N-dealkylation sites (tertiary alicyclic amines) is 1. The lowest BCUT2D eigenvalue weighted by Gasteiger charge is -2.45. The van der Waals surface area contributed by atoms with Crippen molar-refractivity contribution in [2.24, 2.45) is 0 Å². The van der Waals surface area contributed by atoms with Gasteiger partial charge in [0.2, 0.25) is 5.91 Å². The first kappa shape index (κ1) is 18.9. The molecule has 5 heteroatoms. The average molecular weight is 416 g/mol. The van der Waals surface area contributed by atoms with Gasteiger partial charge in [0.25, 0.3) is 0 Å². The number of ether oxygens (including phenoxy) is 1. The Morgan fingerprint density at radius 2 is 1.74 bits per heavy atom. The van der Waals surface area contributed by atoms with Crippen molar-refractivity contribution < 1.29 is 9.53 Å². The number of para-hydroxylation sites is 1. The van der Waals surface area contributed by atoms with Crippen molar-refractivity contribution in [2.75, 3.05) is 26.7 Å². The van der Waals surface area contributed by atoms with Gasteiger partial charge >= 0.3 is 0 Å². The molecule has 2 aliphatic heterocycles. The Bertz CT molecular complexity index is 1140. The summed E-state index contributed by atoms with van der Waals surface area (Å²) in [5, 5.41) is 5.18. The van der Waals surface area contributed by atoms with Crippen molar-refractivity contribution in [3.63, 3.8) is 0 Å². The van der Waals surface area contributed by atoms with Crippen LogP contribution in [0.25, 0.3) is 10.9 Å².